The van der Waals surface area contributed by atoms with Crippen molar-refractivity contribution in [3.8, 4) is 17.2 Å². The third kappa shape index (κ3) is 5.75. The van der Waals surface area contributed by atoms with E-state index in [0.29, 0.717) is 36.8 Å². The normalized spacial score (nSPS) is 18.9. The van der Waals surface area contributed by atoms with E-state index in [0.717, 1.165) is 48.3 Å². The molecule has 0 unspecified atom stereocenters. The summed E-state index contributed by atoms with van der Waals surface area (Å²) >= 11 is 0. The maximum atomic E-state index is 14.6. The molecular weight excluding hydrogens is 449 g/mol. The number of benzene rings is 2. The van der Waals surface area contributed by atoms with Gasteiger partial charge in [0.1, 0.15) is 11.6 Å². The Morgan fingerprint density at radius 3 is 2.91 bits per heavy atom. The maximum absolute atomic E-state index is 14.6. The fraction of sp³-hybridized carbons (Fsp3) is 0.407. The lowest BCUT2D eigenvalue weighted by molar-refractivity contribution is -0.120. The summed E-state index contributed by atoms with van der Waals surface area (Å²) in [6.45, 7) is 1.30. The van der Waals surface area contributed by atoms with Crippen LogP contribution < -0.4 is 19.5 Å². The van der Waals surface area contributed by atoms with Crippen molar-refractivity contribution in [3.63, 3.8) is 0 Å². The van der Waals surface area contributed by atoms with Crippen molar-refractivity contribution < 1.29 is 23.4 Å². The molecule has 1 aliphatic carbocycles. The van der Waals surface area contributed by atoms with E-state index in [1.54, 1.807) is 12.4 Å². The molecule has 5 rings (SSSR count). The van der Waals surface area contributed by atoms with Crippen LogP contribution in [0.1, 0.15) is 48.3 Å². The lowest BCUT2D eigenvalue weighted by Gasteiger charge is -2.32. The first-order chi connectivity index (χ1) is 17.2. The molecule has 0 saturated heterocycles. The van der Waals surface area contributed by atoms with Crippen molar-refractivity contribution >= 4 is 5.91 Å². The molecule has 2 atom stereocenters. The third-order valence-corrected chi connectivity index (χ3v) is 6.86. The number of aromatic nitrogens is 2. The molecule has 0 bridgehead atoms. The highest BCUT2D eigenvalue weighted by Gasteiger charge is 2.28. The zero-order valence-corrected chi connectivity index (χ0v) is 19.6. The Hall–Kier alpha value is -3.55. The minimum atomic E-state index is -0.345. The highest BCUT2D eigenvalue weighted by atomic mass is 19.1. The Morgan fingerprint density at radius 1 is 1.14 bits per heavy atom. The molecule has 1 aromatic heterocycles. The number of carbonyl (C=O) groups excluding carboxylic acids is 1. The third-order valence-electron chi connectivity index (χ3n) is 6.86. The molecule has 184 valence electrons. The average Bonchev–Trinajstić information content (AvgIpc) is 3.56. The highest BCUT2D eigenvalue weighted by Crippen LogP contribution is 2.40. The maximum Gasteiger partial charge on any atom is 0.231 e. The van der Waals surface area contributed by atoms with Gasteiger partial charge in [-0.3, -0.25) is 9.89 Å². The van der Waals surface area contributed by atoms with Crippen LogP contribution in [-0.2, 0) is 17.6 Å². The summed E-state index contributed by atoms with van der Waals surface area (Å²) in [5, 5.41) is 9.52. The number of nitrogens with zero attached hydrogens (tertiary/aromatic N) is 1. The number of aromatic amines is 1. The minimum absolute atomic E-state index is 0.0240. The van der Waals surface area contributed by atoms with Gasteiger partial charge < -0.3 is 19.5 Å². The molecule has 1 amide bonds. The summed E-state index contributed by atoms with van der Waals surface area (Å²) in [7, 11) is 0. The van der Waals surface area contributed by atoms with Crippen molar-refractivity contribution in [1.82, 2.24) is 15.5 Å². The summed E-state index contributed by atoms with van der Waals surface area (Å²) in [5.41, 5.74) is 2.53. The molecule has 0 radical (unpaired) electrons. The molecule has 35 heavy (non-hydrogen) atoms. The van der Waals surface area contributed by atoms with Gasteiger partial charge >= 0.3 is 0 Å². The van der Waals surface area contributed by atoms with E-state index >= 15 is 0 Å². The first-order valence-electron chi connectivity index (χ1n) is 12.2. The number of amides is 1. The van der Waals surface area contributed by atoms with Gasteiger partial charge in [0.25, 0.3) is 0 Å². The molecule has 2 aromatic carbocycles. The van der Waals surface area contributed by atoms with Crippen molar-refractivity contribution in [2.45, 2.75) is 44.4 Å². The number of carbonyl (C=O) groups is 1. The van der Waals surface area contributed by atoms with Gasteiger partial charge in [0, 0.05) is 18.8 Å². The summed E-state index contributed by atoms with van der Waals surface area (Å²) in [4.78, 5) is 12.4. The Balaban J connectivity index is 1.21. The van der Waals surface area contributed by atoms with E-state index in [2.05, 4.69) is 15.5 Å². The lowest BCUT2D eigenvalue weighted by Crippen LogP contribution is -2.28. The molecule has 7 nitrogen and oxygen atoms in total. The van der Waals surface area contributed by atoms with Gasteiger partial charge in [-0.15, -0.1) is 0 Å². The number of fused-ring (bicyclic) bond motifs is 1. The van der Waals surface area contributed by atoms with E-state index in [1.807, 2.05) is 30.3 Å². The Bertz CT molecular complexity index is 1150. The Labute approximate surface area is 204 Å². The van der Waals surface area contributed by atoms with Crippen LogP contribution in [-0.4, -0.2) is 36.0 Å². The molecule has 3 aromatic rings. The van der Waals surface area contributed by atoms with Crippen molar-refractivity contribution in [3.05, 3.63) is 71.3 Å². The fourth-order valence-corrected chi connectivity index (χ4v) is 4.97. The zero-order chi connectivity index (χ0) is 24.0. The fourth-order valence-electron chi connectivity index (χ4n) is 4.97. The predicted molar refractivity (Wildman–Crippen MR) is 128 cm³/mol. The van der Waals surface area contributed by atoms with Gasteiger partial charge in [-0.25, -0.2) is 4.39 Å². The highest BCUT2D eigenvalue weighted by molar-refractivity contribution is 5.78. The van der Waals surface area contributed by atoms with Crippen molar-refractivity contribution in [2.24, 2.45) is 5.92 Å². The van der Waals surface area contributed by atoms with Crippen LogP contribution in [0, 0.1) is 11.7 Å². The van der Waals surface area contributed by atoms with Crippen LogP contribution in [0.15, 0.2) is 48.8 Å². The smallest absolute Gasteiger partial charge is 0.231 e. The summed E-state index contributed by atoms with van der Waals surface area (Å²) in [5.74, 6) is 2.24. The second-order valence-corrected chi connectivity index (χ2v) is 9.21. The van der Waals surface area contributed by atoms with Gasteiger partial charge in [-0.2, -0.15) is 5.10 Å². The summed E-state index contributed by atoms with van der Waals surface area (Å²) < 4.78 is 31.5. The van der Waals surface area contributed by atoms with E-state index in [1.165, 1.54) is 6.07 Å². The second-order valence-electron chi connectivity index (χ2n) is 9.21. The van der Waals surface area contributed by atoms with E-state index in [4.69, 9.17) is 14.2 Å². The second kappa shape index (κ2) is 10.8. The monoisotopic (exact) mass is 479 g/mol. The number of rotatable bonds is 9. The number of hydrogen-bond donors (Lipinski definition) is 2. The topological polar surface area (TPSA) is 85.5 Å². The van der Waals surface area contributed by atoms with Crippen LogP contribution in [0.4, 0.5) is 4.39 Å². The molecule has 1 saturated carbocycles. The van der Waals surface area contributed by atoms with Crippen LogP contribution in [0.2, 0.25) is 0 Å². The number of ether oxygens (including phenoxy) is 3. The predicted octanol–water partition coefficient (Wildman–Crippen LogP) is 4.53. The molecule has 1 aliphatic heterocycles. The lowest BCUT2D eigenvalue weighted by atomic mass is 9.75. The number of nitrogens with one attached hydrogen (secondary N) is 2. The summed E-state index contributed by atoms with van der Waals surface area (Å²) in [6, 6.07) is 10.8. The standard InChI is InChI=1S/C27H30FN3O4/c28-24-7-5-19(11-21(24)12-27(32)29-10-9-18-14-30-31-15-18)23-4-2-1-3-20(23)16-33-22-6-8-25-26(13-22)35-17-34-25/h5-8,11,13-15,20,23H,1-4,9-10,12,16-17H2,(H,29,32)(H,30,31)/t20-,23-/m0/s1. The molecule has 8 heteroatoms. The van der Waals surface area contributed by atoms with Crippen LogP contribution in [0.5, 0.6) is 17.2 Å². The van der Waals surface area contributed by atoms with E-state index in [9.17, 15) is 9.18 Å². The Morgan fingerprint density at radius 2 is 2.03 bits per heavy atom. The molecule has 2 N–H and O–H groups in total. The number of halogens is 1. The average molecular weight is 480 g/mol. The van der Waals surface area contributed by atoms with Crippen molar-refractivity contribution in [1.29, 1.82) is 0 Å². The van der Waals surface area contributed by atoms with Gasteiger partial charge in [-0.05, 0) is 66.0 Å². The van der Waals surface area contributed by atoms with E-state index < -0.39 is 0 Å². The van der Waals surface area contributed by atoms with Crippen LogP contribution in [0.25, 0.3) is 0 Å². The largest absolute Gasteiger partial charge is 0.493 e. The molecule has 2 aliphatic rings. The number of hydrogen-bond acceptors (Lipinski definition) is 5. The van der Waals surface area contributed by atoms with Crippen molar-refractivity contribution in [2.75, 3.05) is 19.9 Å². The SMILES string of the molecule is O=C(Cc1cc([C@@H]2CCCC[C@H]2COc2ccc3c(c2)OCO3)ccc1F)NCCc1cn[nH]c1. The molecular formula is C27H30FN3O4. The zero-order valence-electron chi connectivity index (χ0n) is 19.6. The number of H-pyrrole nitrogens is 1. The molecule has 0 spiro atoms. The molecule has 1 fully saturated rings. The molecule has 2 heterocycles. The van der Waals surface area contributed by atoms with E-state index in [-0.39, 0.29) is 30.9 Å². The summed E-state index contributed by atoms with van der Waals surface area (Å²) in [6.07, 6.45) is 8.59. The first-order valence-corrected chi connectivity index (χ1v) is 12.2. The van der Waals surface area contributed by atoms with Gasteiger partial charge in [0.05, 0.1) is 19.2 Å². The quantitative estimate of drug-likeness (QED) is 0.471. The van der Waals surface area contributed by atoms with Gasteiger partial charge in [-0.1, -0.05) is 25.0 Å². The van der Waals surface area contributed by atoms with Gasteiger partial charge in [0.15, 0.2) is 11.5 Å². The van der Waals surface area contributed by atoms with Crippen LogP contribution in [0.3, 0.4) is 0 Å². The first kappa shape index (κ1) is 23.2. The Kier molecular flexibility index (Phi) is 7.16. The van der Waals surface area contributed by atoms with Crippen LogP contribution >= 0.6 is 0 Å². The van der Waals surface area contributed by atoms with Gasteiger partial charge in [0.2, 0.25) is 12.7 Å². The minimum Gasteiger partial charge on any atom is -0.493 e.